The minimum atomic E-state index is -0.556. The largest absolute Gasteiger partial charge is 0.507 e. The van der Waals surface area contributed by atoms with Crippen LogP contribution in [0, 0.1) is 25.2 Å². The number of hydrogen-bond donors (Lipinski definition) is 2. The zero-order valence-electron chi connectivity index (χ0n) is 14.4. The normalized spacial score (nSPS) is 11.7. The number of esters is 1. The van der Waals surface area contributed by atoms with Crippen molar-refractivity contribution >= 4 is 22.6 Å². The van der Waals surface area contributed by atoms with Crippen molar-refractivity contribution in [2.24, 2.45) is 0 Å². The Morgan fingerprint density at radius 3 is 2.73 bits per heavy atom. The number of aromatic amines is 1. The van der Waals surface area contributed by atoms with Gasteiger partial charge in [0.2, 0.25) is 0 Å². The van der Waals surface area contributed by atoms with Crippen LogP contribution in [0.4, 0.5) is 0 Å². The maximum atomic E-state index is 12.2. The van der Waals surface area contributed by atoms with E-state index < -0.39 is 12.6 Å². The van der Waals surface area contributed by atoms with Crippen molar-refractivity contribution in [2.75, 3.05) is 6.61 Å². The van der Waals surface area contributed by atoms with Crippen LogP contribution >= 0.6 is 0 Å². The molecule has 0 fully saturated rings. The zero-order valence-corrected chi connectivity index (χ0v) is 14.4. The van der Waals surface area contributed by atoms with E-state index in [2.05, 4.69) is 9.97 Å². The Bertz CT molecular complexity index is 1020. The van der Waals surface area contributed by atoms with Gasteiger partial charge in [0.15, 0.2) is 11.6 Å². The number of carbonyl (C=O) groups is 1. The van der Waals surface area contributed by atoms with Gasteiger partial charge in [0.25, 0.3) is 0 Å². The number of allylic oxidation sites excluding steroid dienone is 1. The fourth-order valence-corrected chi connectivity index (χ4v) is 2.58. The van der Waals surface area contributed by atoms with Gasteiger partial charge in [0.1, 0.15) is 18.2 Å². The van der Waals surface area contributed by atoms with Gasteiger partial charge in [-0.15, -0.1) is 0 Å². The highest BCUT2D eigenvalue weighted by molar-refractivity contribution is 5.91. The molecule has 3 aromatic rings. The highest BCUT2D eigenvalue weighted by Gasteiger charge is 2.16. The predicted molar refractivity (Wildman–Crippen MR) is 97.5 cm³/mol. The minimum Gasteiger partial charge on any atom is -0.507 e. The van der Waals surface area contributed by atoms with E-state index in [1.165, 1.54) is 0 Å². The number of H-pyrrole nitrogens is 1. The Morgan fingerprint density at radius 2 is 2.00 bits per heavy atom. The van der Waals surface area contributed by atoms with Gasteiger partial charge in [0.05, 0.1) is 16.6 Å². The van der Waals surface area contributed by atoms with Crippen LogP contribution in [-0.2, 0) is 4.74 Å². The van der Waals surface area contributed by atoms with Gasteiger partial charge in [-0.25, -0.2) is 9.78 Å². The highest BCUT2D eigenvalue weighted by Crippen LogP contribution is 2.19. The molecule has 1 heterocycles. The molecule has 2 aromatic carbocycles. The average molecular weight is 347 g/mol. The molecule has 6 heteroatoms. The van der Waals surface area contributed by atoms with E-state index in [1.807, 2.05) is 44.2 Å². The molecule has 0 radical (unpaired) electrons. The van der Waals surface area contributed by atoms with E-state index in [0.717, 1.165) is 16.6 Å². The number of ether oxygens (including phenoxy) is 1. The topological polar surface area (TPSA) is 99.0 Å². The van der Waals surface area contributed by atoms with Crippen molar-refractivity contribution in [1.82, 2.24) is 9.97 Å². The lowest BCUT2D eigenvalue weighted by Gasteiger charge is -2.09. The van der Waals surface area contributed by atoms with Crippen LogP contribution in [0.15, 0.2) is 48.2 Å². The Kier molecular flexibility index (Phi) is 4.72. The van der Waals surface area contributed by atoms with Crippen LogP contribution in [-0.4, -0.2) is 27.7 Å². The summed E-state index contributed by atoms with van der Waals surface area (Å²) >= 11 is 0. The summed E-state index contributed by atoms with van der Waals surface area (Å²) in [7, 11) is 0. The molecule has 2 N–H and O–H groups in total. The third kappa shape index (κ3) is 3.28. The molecule has 130 valence electrons. The van der Waals surface area contributed by atoms with Crippen LogP contribution in [0.25, 0.3) is 16.6 Å². The summed E-state index contributed by atoms with van der Waals surface area (Å²) in [5, 5.41) is 19.6. The molecule has 0 atom stereocenters. The number of aliphatic hydroxyl groups excluding tert-OH is 1. The van der Waals surface area contributed by atoms with Gasteiger partial charge >= 0.3 is 5.97 Å². The minimum absolute atomic E-state index is 0.0602. The molecule has 0 saturated heterocycles. The van der Waals surface area contributed by atoms with Crippen LogP contribution in [0.3, 0.4) is 0 Å². The van der Waals surface area contributed by atoms with E-state index in [4.69, 9.17) is 4.74 Å². The van der Waals surface area contributed by atoms with E-state index in [9.17, 15) is 15.2 Å². The predicted octanol–water partition coefficient (Wildman–Crippen LogP) is 3.83. The summed E-state index contributed by atoms with van der Waals surface area (Å²) < 4.78 is 5.16. The van der Waals surface area contributed by atoms with Crippen molar-refractivity contribution in [3.05, 3.63) is 70.7 Å². The maximum absolute atomic E-state index is 12.2. The lowest BCUT2D eigenvalue weighted by Crippen LogP contribution is -2.11. The number of benzene rings is 2. The standard InChI is InChI=1S/C20H17N3O3/c1-12-6-5-7-14(13(12)2)20(25)26-11-18(24)15(10-21)19-22-16-8-3-4-9-17(16)23-19/h3-9,24H,11H2,1-2H3,(H,22,23)/b18-15-. The molecular weight excluding hydrogens is 330 g/mol. The Morgan fingerprint density at radius 1 is 1.23 bits per heavy atom. The van der Waals surface area contributed by atoms with Crippen LogP contribution in [0.1, 0.15) is 27.3 Å². The second kappa shape index (κ2) is 7.11. The number of nitriles is 1. The molecule has 3 rings (SSSR count). The molecule has 6 nitrogen and oxygen atoms in total. The molecule has 0 saturated carbocycles. The monoisotopic (exact) mass is 347 g/mol. The molecule has 0 bridgehead atoms. The Labute approximate surface area is 150 Å². The molecule has 26 heavy (non-hydrogen) atoms. The Hall–Kier alpha value is -3.59. The third-order valence-electron chi connectivity index (χ3n) is 4.19. The molecule has 0 aliphatic carbocycles. The van der Waals surface area contributed by atoms with Gasteiger partial charge in [0, 0.05) is 0 Å². The second-order valence-electron chi connectivity index (χ2n) is 5.86. The zero-order chi connectivity index (χ0) is 18.7. The molecule has 0 amide bonds. The number of nitrogens with one attached hydrogen (secondary N) is 1. The first-order valence-electron chi connectivity index (χ1n) is 8.02. The van der Waals surface area contributed by atoms with Crippen molar-refractivity contribution in [1.29, 1.82) is 5.26 Å². The summed E-state index contributed by atoms with van der Waals surface area (Å²) in [6.07, 6.45) is 0. The molecule has 0 unspecified atom stereocenters. The number of aromatic nitrogens is 2. The van der Waals surface area contributed by atoms with Crippen molar-refractivity contribution in [3.8, 4) is 6.07 Å². The van der Waals surface area contributed by atoms with Gasteiger partial charge in [-0.05, 0) is 43.2 Å². The summed E-state index contributed by atoms with van der Waals surface area (Å²) in [6.45, 7) is 3.32. The van der Waals surface area contributed by atoms with Crippen LogP contribution in [0.5, 0.6) is 0 Å². The van der Waals surface area contributed by atoms with E-state index in [-0.39, 0.29) is 17.2 Å². The van der Waals surface area contributed by atoms with Crippen molar-refractivity contribution in [3.63, 3.8) is 0 Å². The quantitative estimate of drug-likeness (QED) is 0.424. The average Bonchev–Trinajstić information content (AvgIpc) is 3.06. The number of rotatable bonds is 4. The van der Waals surface area contributed by atoms with E-state index >= 15 is 0 Å². The fourth-order valence-electron chi connectivity index (χ4n) is 2.58. The summed E-state index contributed by atoms with van der Waals surface area (Å²) in [4.78, 5) is 19.5. The maximum Gasteiger partial charge on any atom is 0.338 e. The number of aliphatic hydroxyl groups is 1. The van der Waals surface area contributed by atoms with Gasteiger partial charge in [-0.3, -0.25) is 0 Å². The first-order chi connectivity index (χ1) is 12.5. The molecule has 0 spiro atoms. The molecule has 0 aliphatic heterocycles. The number of hydrogen-bond acceptors (Lipinski definition) is 5. The number of para-hydroxylation sites is 2. The first kappa shape index (κ1) is 17.2. The van der Waals surface area contributed by atoms with Crippen molar-refractivity contribution < 1.29 is 14.6 Å². The summed E-state index contributed by atoms with van der Waals surface area (Å²) in [5.41, 5.74) is 3.58. The SMILES string of the molecule is Cc1cccc(C(=O)OC/C(O)=C(\C#N)c2nc3ccccc3[nH]2)c1C. The van der Waals surface area contributed by atoms with Crippen molar-refractivity contribution in [2.45, 2.75) is 13.8 Å². The van der Waals surface area contributed by atoms with Gasteiger partial charge in [-0.1, -0.05) is 24.3 Å². The lowest BCUT2D eigenvalue weighted by molar-refractivity contribution is 0.0502. The number of nitrogens with zero attached hydrogens (tertiary/aromatic N) is 2. The number of carbonyl (C=O) groups excluding carboxylic acids is 1. The molecule has 0 aliphatic rings. The van der Waals surface area contributed by atoms with E-state index in [0.29, 0.717) is 11.1 Å². The van der Waals surface area contributed by atoms with Gasteiger partial charge < -0.3 is 14.8 Å². The van der Waals surface area contributed by atoms with E-state index in [1.54, 1.807) is 18.2 Å². The number of fused-ring (bicyclic) bond motifs is 1. The second-order valence-corrected chi connectivity index (χ2v) is 5.86. The third-order valence-corrected chi connectivity index (χ3v) is 4.19. The molecule has 1 aromatic heterocycles. The first-order valence-corrected chi connectivity index (χ1v) is 8.02. The van der Waals surface area contributed by atoms with Gasteiger partial charge in [-0.2, -0.15) is 5.26 Å². The summed E-state index contributed by atoms with van der Waals surface area (Å²) in [6, 6.07) is 14.5. The highest BCUT2D eigenvalue weighted by atomic mass is 16.5. The Balaban J connectivity index is 1.82. The fraction of sp³-hybridized carbons (Fsp3) is 0.150. The summed E-state index contributed by atoms with van der Waals surface area (Å²) in [5.74, 6) is -0.682. The number of imidazole rings is 1. The van der Waals surface area contributed by atoms with Crippen LogP contribution in [0.2, 0.25) is 0 Å². The smallest absolute Gasteiger partial charge is 0.338 e. The lowest BCUT2D eigenvalue weighted by atomic mass is 10.0. The number of aryl methyl sites for hydroxylation is 1. The van der Waals surface area contributed by atoms with Crippen LogP contribution < -0.4 is 0 Å². The molecular formula is C20H17N3O3.